The second kappa shape index (κ2) is 13.2. The monoisotopic (exact) mass is 635 g/mol. The number of aliphatic imine (C=N–C) groups is 1. The number of nitrogens with one attached hydrogen (secondary N) is 1. The van der Waals surface area contributed by atoms with E-state index in [1.165, 1.54) is 39.1 Å². The van der Waals surface area contributed by atoms with Crippen LogP contribution in [-0.4, -0.2) is 11.7 Å². The van der Waals surface area contributed by atoms with Gasteiger partial charge >= 0.3 is 0 Å². The highest BCUT2D eigenvalue weighted by Gasteiger charge is 2.35. The lowest BCUT2D eigenvalue weighted by atomic mass is 9.80. The predicted molar refractivity (Wildman–Crippen MR) is 214 cm³/mol. The number of amidine groups is 2. The summed E-state index contributed by atoms with van der Waals surface area (Å²) in [7, 11) is 0. The molecule has 6 rings (SSSR count). The maximum absolute atomic E-state index is 8.19. The van der Waals surface area contributed by atoms with Gasteiger partial charge in [-0.25, -0.2) is 4.99 Å². The number of nitrogens with two attached hydrogens (primary N) is 1. The van der Waals surface area contributed by atoms with Gasteiger partial charge in [-0.2, -0.15) is 0 Å². The molecule has 0 heterocycles. The first-order valence-electron chi connectivity index (χ1n) is 16.4. The SMILES string of the molecule is C=CC(=C)C(=N)N=C(N)c1cccc(-c2cccc3c2c(/C=C\C(=C)c2ccc4c(c2)C(C)(C)C(C=C)=C4/C=C\C)cc2ccccc23)c1. The van der Waals surface area contributed by atoms with E-state index in [0.717, 1.165) is 44.2 Å². The molecule has 0 unspecified atom stereocenters. The van der Waals surface area contributed by atoms with E-state index in [2.05, 4.69) is 149 Å². The minimum atomic E-state index is -0.155. The highest BCUT2D eigenvalue weighted by molar-refractivity contribution is 6.16. The fourth-order valence-electron chi connectivity index (χ4n) is 6.89. The molecule has 1 aliphatic carbocycles. The fourth-order valence-corrected chi connectivity index (χ4v) is 6.89. The van der Waals surface area contributed by atoms with Crippen LogP contribution in [-0.2, 0) is 5.41 Å². The number of fused-ring (bicyclic) bond motifs is 4. The van der Waals surface area contributed by atoms with Gasteiger partial charge in [0, 0.05) is 16.6 Å². The zero-order chi connectivity index (χ0) is 34.9. The molecule has 0 aliphatic heterocycles. The maximum Gasteiger partial charge on any atom is 0.153 e. The van der Waals surface area contributed by atoms with Crippen LogP contribution < -0.4 is 5.73 Å². The molecular formula is C46H41N3. The van der Waals surface area contributed by atoms with Crippen molar-refractivity contribution in [1.29, 1.82) is 5.41 Å². The number of nitrogens with zero attached hydrogens (tertiary/aromatic N) is 1. The first kappa shape index (κ1) is 32.9. The molecule has 0 radical (unpaired) electrons. The third-order valence-corrected chi connectivity index (χ3v) is 9.49. The average Bonchev–Trinajstić information content (AvgIpc) is 3.33. The van der Waals surface area contributed by atoms with Gasteiger partial charge in [-0.05, 0) is 96.8 Å². The van der Waals surface area contributed by atoms with Gasteiger partial charge in [0.2, 0.25) is 0 Å². The summed E-state index contributed by atoms with van der Waals surface area (Å²) in [6.45, 7) is 22.7. The second-order valence-electron chi connectivity index (χ2n) is 12.8. The van der Waals surface area contributed by atoms with Crippen LogP contribution >= 0.6 is 0 Å². The summed E-state index contributed by atoms with van der Waals surface area (Å²) in [5, 5.41) is 12.8. The third-order valence-electron chi connectivity index (χ3n) is 9.49. The van der Waals surface area contributed by atoms with Crippen molar-refractivity contribution >= 4 is 50.4 Å². The van der Waals surface area contributed by atoms with Crippen LogP contribution in [0.15, 0.2) is 164 Å². The lowest BCUT2D eigenvalue weighted by Crippen LogP contribution is -2.16. The summed E-state index contributed by atoms with van der Waals surface area (Å²) in [5.41, 5.74) is 17.6. The van der Waals surface area contributed by atoms with Crippen LogP contribution in [0.4, 0.5) is 0 Å². The first-order chi connectivity index (χ1) is 23.6. The van der Waals surface area contributed by atoms with Crippen LogP contribution in [0.2, 0.25) is 0 Å². The Kier molecular flexibility index (Phi) is 8.86. The maximum atomic E-state index is 8.19. The Hall–Kier alpha value is -6.06. The summed E-state index contributed by atoms with van der Waals surface area (Å²) in [4.78, 5) is 4.28. The van der Waals surface area contributed by atoms with E-state index >= 15 is 0 Å². The van der Waals surface area contributed by atoms with Crippen molar-refractivity contribution < 1.29 is 0 Å². The molecule has 0 fully saturated rings. The topological polar surface area (TPSA) is 62.2 Å². The van der Waals surface area contributed by atoms with Crippen molar-refractivity contribution in [1.82, 2.24) is 0 Å². The number of allylic oxidation sites excluding steroid dienone is 7. The Balaban J connectivity index is 1.45. The average molecular weight is 636 g/mol. The molecule has 0 aromatic heterocycles. The van der Waals surface area contributed by atoms with Crippen LogP contribution in [0.1, 0.15) is 48.6 Å². The summed E-state index contributed by atoms with van der Waals surface area (Å²) in [6.07, 6.45) is 12.1. The molecule has 3 heteroatoms. The molecule has 0 saturated heterocycles. The van der Waals surface area contributed by atoms with Crippen LogP contribution in [0.25, 0.3) is 49.9 Å². The summed E-state index contributed by atoms with van der Waals surface area (Å²) in [6, 6.07) is 31.8. The highest BCUT2D eigenvalue weighted by Crippen LogP contribution is 2.48. The van der Waals surface area contributed by atoms with E-state index in [9.17, 15) is 0 Å². The number of rotatable bonds is 9. The van der Waals surface area contributed by atoms with Gasteiger partial charge in [-0.1, -0.05) is 149 Å². The summed E-state index contributed by atoms with van der Waals surface area (Å²) >= 11 is 0. The summed E-state index contributed by atoms with van der Waals surface area (Å²) < 4.78 is 0. The lowest BCUT2D eigenvalue weighted by Gasteiger charge is -2.23. The van der Waals surface area contributed by atoms with Crippen LogP contribution in [0, 0.1) is 5.41 Å². The van der Waals surface area contributed by atoms with E-state index < -0.39 is 0 Å². The summed E-state index contributed by atoms with van der Waals surface area (Å²) in [5.74, 6) is 0.243. The smallest absolute Gasteiger partial charge is 0.153 e. The van der Waals surface area contributed by atoms with Crippen molar-refractivity contribution in [3.05, 3.63) is 187 Å². The second-order valence-corrected chi connectivity index (χ2v) is 12.8. The largest absolute Gasteiger partial charge is 0.383 e. The standard InChI is InChI=1S/C46H41N3/c1-8-15-38-39-25-24-31(28-42(39)46(6,7)41(38)10-3)30(5)22-23-34-26-32-16-11-12-19-36(32)40-21-14-20-37(43(34)40)33-17-13-18-35(27-33)45(48)49-44(47)29(4)9-2/h8-28H,2-5H2,1,6-7H3,(H3,47,48,49)/b15-8-,23-22-. The number of hydrogen-bond donors (Lipinski definition) is 2. The van der Waals surface area contributed by atoms with Crippen LogP contribution in [0.5, 0.6) is 0 Å². The van der Waals surface area contributed by atoms with E-state index in [0.29, 0.717) is 5.57 Å². The molecule has 1 aliphatic rings. The lowest BCUT2D eigenvalue weighted by molar-refractivity contribution is 0.654. The molecule has 0 spiro atoms. The van der Waals surface area contributed by atoms with Gasteiger partial charge in [-0.3, -0.25) is 5.41 Å². The molecule has 0 amide bonds. The molecule has 5 aromatic carbocycles. The van der Waals surface area contributed by atoms with Gasteiger partial charge in [0.15, 0.2) is 5.84 Å². The van der Waals surface area contributed by atoms with E-state index in [1.54, 1.807) is 0 Å². The molecule has 3 nitrogen and oxygen atoms in total. The predicted octanol–water partition coefficient (Wildman–Crippen LogP) is 11.6. The molecule has 240 valence electrons. The van der Waals surface area contributed by atoms with Gasteiger partial charge in [0.05, 0.1) is 0 Å². The van der Waals surface area contributed by atoms with Gasteiger partial charge in [0.1, 0.15) is 5.84 Å². The van der Waals surface area contributed by atoms with Crippen LogP contribution in [0.3, 0.4) is 0 Å². The fraction of sp³-hybridized carbons (Fsp3) is 0.0870. The Labute approximate surface area is 289 Å². The Morgan fingerprint density at radius 1 is 0.816 bits per heavy atom. The van der Waals surface area contributed by atoms with Crippen molar-refractivity contribution in [2.75, 3.05) is 0 Å². The quantitative estimate of drug-likeness (QED) is 0.0720. The van der Waals surface area contributed by atoms with Crippen molar-refractivity contribution in [2.45, 2.75) is 26.2 Å². The zero-order valence-electron chi connectivity index (χ0n) is 28.5. The van der Waals surface area contributed by atoms with Crippen molar-refractivity contribution in [2.24, 2.45) is 10.7 Å². The van der Waals surface area contributed by atoms with Crippen molar-refractivity contribution in [3.8, 4) is 11.1 Å². The molecular weight excluding hydrogens is 595 g/mol. The molecule has 49 heavy (non-hydrogen) atoms. The Bertz CT molecular complexity index is 2350. The van der Waals surface area contributed by atoms with Gasteiger partial charge in [0.25, 0.3) is 0 Å². The minimum Gasteiger partial charge on any atom is -0.383 e. The van der Waals surface area contributed by atoms with E-state index in [-0.39, 0.29) is 17.1 Å². The van der Waals surface area contributed by atoms with Crippen molar-refractivity contribution in [3.63, 3.8) is 0 Å². The number of benzene rings is 5. The zero-order valence-corrected chi connectivity index (χ0v) is 28.5. The van der Waals surface area contributed by atoms with Gasteiger partial charge < -0.3 is 5.73 Å². The molecule has 0 bridgehead atoms. The molecule has 0 saturated carbocycles. The Morgan fingerprint density at radius 3 is 2.33 bits per heavy atom. The van der Waals surface area contributed by atoms with E-state index in [4.69, 9.17) is 11.1 Å². The normalized spacial score (nSPS) is 14.1. The molecule has 3 N–H and O–H groups in total. The molecule has 0 atom stereocenters. The number of hydrogen-bond acceptors (Lipinski definition) is 1. The first-order valence-corrected chi connectivity index (χ1v) is 16.4. The van der Waals surface area contributed by atoms with Gasteiger partial charge in [-0.15, -0.1) is 0 Å². The molecule has 5 aromatic rings. The Morgan fingerprint density at radius 2 is 1.57 bits per heavy atom. The third kappa shape index (κ3) is 5.96. The van der Waals surface area contributed by atoms with E-state index in [1.807, 2.05) is 24.3 Å². The minimum absolute atomic E-state index is 0.00948. The highest BCUT2D eigenvalue weighted by atomic mass is 14.9.